The zero-order valence-corrected chi connectivity index (χ0v) is 18.7. The van der Waals surface area contributed by atoms with Crippen LogP contribution in [-0.4, -0.2) is 42.5 Å². The van der Waals surface area contributed by atoms with E-state index in [9.17, 15) is 14.0 Å². The summed E-state index contributed by atoms with van der Waals surface area (Å²) >= 11 is 0. The fourth-order valence-electron chi connectivity index (χ4n) is 3.86. The fraction of sp³-hybridized carbons (Fsp3) is 0.440. The summed E-state index contributed by atoms with van der Waals surface area (Å²) < 4.78 is 24.5. The van der Waals surface area contributed by atoms with Gasteiger partial charge in [-0.2, -0.15) is 0 Å². The Morgan fingerprint density at radius 3 is 2.44 bits per heavy atom. The highest BCUT2D eigenvalue weighted by Crippen LogP contribution is 2.20. The van der Waals surface area contributed by atoms with Gasteiger partial charge in [0.25, 0.3) is 5.91 Å². The molecule has 7 heteroatoms. The molecule has 172 valence electrons. The van der Waals surface area contributed by atoms with Crippen molar-refractivity contribution in [1.29, 1.82) is 0 Å². The van der Waals surface area contributed by atoms with Crippen LogP contribution in [-0.2, 0) is 16.1 Å². The highest BCUT2D eigenvalue weighted by atomic mass is 19.1. The molecule has 6 nitrogen and oxygen atoms in total. The molecule has 3 rings (SSSR count). The molecule has 1 N–H and O–H groups in total. The van der Waals surface area contributed by atoms with Gasteiger partial charge in [0.05, 0.1) is 7.11 Å². The Balaban J connectivity index is 1.71. The van der Waals surface area contributed by atoms with Crippen LogP contribution in [0.15, 0.2) is 48.5 Å². The average molecular weight is 443 g/mol. The van der Waals surface area contributed by atoms with Crippen molar-refractivity contribution < 1.29 is 23.5 Å². The lowest BCUT2D eigenvalue weighted by Gasteiger charge is -2.31. The first kappa shape index (κ1) is 23.6. The molecule has 0 saturated heterocycles. The van der Waals surface area contributed by atoms with E-state index in [0.29, 0.717) is 5.75 Å². The molecule has 0 spiro atoms. The molecule has 1 aliphatic rings. The largest absolute Gasteiger partial charge is 0.497 e. The van der Waals surface area contributed by atoms with Crippen LogP contribution >= 0.6 is 0 Å². The molecule has 0 aromatic heterocycles. The normalized spacial score (nSPS) is 15.0. The SMILES string of the molecule is COc1ccc(CN(C(=O)COc2ccccc2F)[C@H](C)C(=O)NC2CCCCC2)cc1. The van der Waals surface area contributed by atoms with Crippen molar-refractivity contribution in [2.24, 2.45) is 0 Å². The molecule has 0 unspecified atom stereocenters. The summed E-state index contributed by atoms with van der Waals surface area (Å²) in [7, 11) is 1.59. The maximum Gasteiger partial charge on any atom is 0.261 e. The zero-order valence-electron chi connectivity index (χ0n) is 18.7. The van der Waals surface area contributed by atoms with Crippen molar-refractivity contribution in [3.05, 3.63) is 59.9 Å². The van der Waals surface area contributed by atoms with Gasteiger partial charge in [0.2, 0.25) is 5.91 Å². The second-order valence-corrected chi connectivity index (χ2v) is 8.11. The summed E-state index contributed by atoms with van der Waals surface area (Å²) in [4.78, 5) is 27.5. The summed E-state index contributed by atoms with van der Waals surface area (Å²) in [6, 6.07) is 12.7. The van der Waals surface area contributed by atoms with Crippen molar-refractivity contribution in [2.45, 2.75) is 57.7 Å². The maximum absolute atomic E-state index is 13.9. The lowest BCUT2D eigenvalue weighted by Crippen LogP contribution is -2.51. The van der Waals surface area contributed by atoms with E-state index in [1.54, 1.807) is 38.3 Å². The van der Waals surface area contributed by atoms with E-state index in [2.05, 4.69) is 5.32 Å². The van der Waals surface area contributed by atoms with E-state index in [0.717, 1.165) is 31.2 Å². The third-order valence-corrected chi connectivity index (χ3v) is 5.82. The van der Waals surface area contributed by atoms with Crippen LogP contribution in [0.1, 0.15) is 44.6 Å². The van der Waals surface area contributed by atoms with Crippen molar-refractivity contribution in [3.8, 4) is 11.5 Å². The van der Waals surface area contributed by atoms with Crippen molar-refractivity contribution >= 4 is 11.8 Å². The number of amides is 2. The molecule has 0 bridgehead atoms. The van der Waals surface area contributed by atoms with Crippen LogP contribution in [0.3, 0.4) is 0 Å². The van der Waals surface area contributed by atoms with Crippen molar-refractivity contribution in [3.63, 3.8) is 0 Å². The van der Waals surface area contributed by atoms with Gasteiger partial charge >= 0.3 is 0 Å². The minimum absolute atomic E-state index is 0.00422. The molecule has 1 atom stereocenters. The van der Waals surface area contributed by atoms with Crippen molar-refractivity contribution in [2.75, 3.05) is 13.7 Å². The van der Waals surface area contributed by atoms with Gasteiger partial charge < -0.3 is 19.7 Å². The van der Waals surface area contributed by atoms with E-state index in [1.807, 2.05) is 12.1 Å². The van der Waals surface area contributed by atoms with Crippen LogP contribution in [0.25, 0.3) is 0 Å². The summed E-state index contributed by atoms with van der Waals surface area (Å²) in [5.41, 5.74) is 0.849. The number of carbonyl (C=O) groups is 2. The topological polar surface area (TPSA) is 67.9 Å². The lowest BCUT2D eigenvalue weighted by molar-refractivity contribution is -0.142. The summed E-state index contributed by atoms with van der Waals surface area (Å²) in [5.74, 6) is -0.410. The Morgan fingerprint density at radius 2 is 1.78 bits per heavy atom. The molecule has 0 radical (unpaired) electrons. The van der Waals surface area contributed by atoms with Gasteiger partial charge in [-0.3, -0.25) is 9.59 Å². The molecular weight excluding hydrogens is 411 g/mol. The fourth-order valence-corrected chi connectivity index (χ4v) is 3.86. The summed E-state index contributed by atoms with van der Waals surface area (Å²) in [6.45, 7) is 1.57. The van der Waals surface area contributed by atoms with E-state index < -0.39 is 17.8 Å². The van der Waals surface area contributed by atoms with Crippen LogP contribution < -0.4 is 14.8 Å². The van der Waals surface area contributed by atoms with Gasteiger partial charge in [-0.1, -0.05) is 43.5 Å². The number of ether oxygens (including phenoxy) is 2. The van der Waals surface area contributed by atoms with Gasteiger partial charge in [0.1, 0.15) is 11.8 Å². The number of halogens is 1. The first-order valence-electron chi connectivity index (χ1n) is 11.1. The second-order valence-electron chi connectivity index (χ2n) is 8.11. The van der Waals surface area contributed by atoms with Crippen LogP contribution in [0, 0.1) is 5.82 Å². The van der Waals surface area contributed by atoms with Gasteiger partial charge in [-0.15, -0.1) is 0 Å². The summed E-state index contributed by atoms with van der Waals surface area (Å²) in [5, 5.41) is 3.09. The number of methoxy groups -OCH3 is 1. The number of nitrogens with zero attached hydrogens (tertiary/aromatic N) is 1. The molecule has 1 saturated carbocycles. The number of benzene rings is 2. The molecule has 0 heterocycles. The predicted molar refractivity (Wildman–Crippen MR) is 120 cm³/mol. The Kier molecular flexibility index (Phi) is 8.48. The molecule has 32 heavy (non-hydrogen) atoms. The number of hydrogen-bond donors (Lipinski definition) is 1. The molecule has 2 aromatic rings. The number of nitrogens with one attached hydrogen (secondary N) is 1. The van der Waals surface area contributed by atoms with Crippen LogP contribution in [0.5, 0.6) is 11.5 Å². The van der Waals surface area contributed by atoms with Gasteiger partial charge in [-0.25, -0.2) is 4.39 Å². The predicted octanol–water partition coefficient (Wildman–Crippen LogP) is 4.08. The first-order valence-corrected chi connectivity index (χ1v) is 11.1. The highest BCUT2D eigenvalue weighted by Gasteiger charge is 2.28. The number of para-hydroxylation sites is 1. The van der Waals surface area contributed by atoms with Gasteiger partial charge in [-0.05, 0) is 49.6 Å². The standard InChI is InChI=1S/C25H31FN2O4/c1-18(25(30)27-20-8-4-3-5-9-20)28(16-19-12-14-21(31-2)15-13-19)24(29)17-32-23-11-7-6-10-22(23)26/h6-7,10-15,18,20H,3-5,8-9,16-17H2,1-2H3,(H,27,30)/t18-/m1/s1. The van der Waals surface area contributed by atoms with E-state index in [4.69, 9.17) is 9.47 Å². The zero-order chi connectivity index (χ0) is 22.9. The molecule has 2 aromatic carbocycles. The van der Waals surface area contributed by atoms with E-state index in [1.165, 1.54) is 23.5 Å². The Labute approximate surface area is 188 Å². The Bertz CT molecular complexity index is 897. The second kappa shape index (κ2) is 11.5. The minimum Gasteiger partial charge on any atom is -0.497 e. The van der Waals surface area contributed by atoms with Crippen molar-refractivity contribution in [1.82, 2.24) is 10.2 Å². The molecular formula is C25H31FN2O4. The number of carbonyl (C=O) groups excluding carboxylic acids is 2. The monoisotopic (exact) mass is 442 g/mol. The molecule has 1 aliphatic carbocycles. The first-order chi connectivity index (χ1) is 15.5. The van der Waals surface area contributed by atoms with Crippen LogP contribution in [0.2, 0.25) is 0 Å². The molecule has 0 aliphatic heterocycles. The summed E-state index contributed by atoms with van der Waals surface area (Å²) in [6.07, 6.45) is 5.31. The van der Waals surface area contributed by atoms with Gasteiger partial charge in [0, 0.05) is 12.6 Å². The third kappa shape index (κ3) is 6.45. The third-order valence-electron chi connectivity index (χ3n) is 5.82. The molecule has 2 amide bonds. The quantitative estimate of drug-likeness (QED) is 0.636. The van der Waals surface area contributed by atoms with Crippen LogP contribution in [0.4, 0.5) is 4.39 Å². The smallest absolute Gasteiger partial charge is 0.261 e. The number of rotatable bonds is 9. The Morgan fingerprint density at radius 1 is 1.09 bits per heavy atom. The molecule has 1 fully saturated rings. The van der Waals surface area contributed by atoms with E-state index >= 15 is 0 Å². The number of hydrogen-bond acceptors (Lipinski definition) is 4. The van der Waals surface area contributed by atoms with E-state index in [-0.39, 0.29) is 30.9 Å². The average Bonchev–Trinajstić information content (AvgIpc) is 2.82. The lowest BCUT2D eigenvalue weighted by atomic mass is 9.95. The minimum atomic E-state index is -0.698. The maximum atomic E-state index is 13.9. The highest BCUT2D eigenvalue weighted by molar-refractivity contribution is 5.88. The van der Waals surface area contributed by atoms with Gasteiger partial charge in [0.15, 0.2) is 18.2 Å². The Hall–Kier alpha value is -3.09.